The molecule has 1 rings (SSSR count). The summed E-state index contributed by atoms with van der Waals surface area (Å²) in [6.45, 7) is 6.03. The van der Waals surface area contributed by atoms with Gasteiger partial charge in [-0.2, -0.15) is 0 Å². The summed E-state index contributed by atoms with van der Waals surface area (Å²) in [5, 5.41) is 0. The maximum Gasteiger partial charge on any atom is 0.250 e. The summed E-state index contributed by atoms with van der Waals surface area (Å²) in [5.74, 6) is -0.358. The average Bonchev–Trinajstić information content (AvgIpc) is 2.02. The molecule has 72 valence electrons. The summed E-state index contributed by atoms with van der Waals surface area (Å²) in [7, 11) is 1.40. The van der Waals surface area contributed by atoms with Crippen molar-refractivity contribution in [1.82, 2.24) is 4.98 Å². The van der Waals surface area contributed by atoms with Gasteiger partial charge in [0, 0.05) is 6.20 Å². The van der Waals surface area contributed by atoms with E-state index in [0.717, 1.165) is 5.56 Å². The van der Waals surface area contributed by atoms with E-state index in [1.54, 1.807) is 6.20 Å². The topological polar surface area (TPSA) is 22.1 Å². The SMILES string of the molecule is COc1ncc(C(C)(C)C)cc1F. The van der Waals surface area contributed by atoms with Gasteiger partial charge in [-0.05, 0) is 17.0 Å². The molecule has 1 heterocycles. The Morgan fingerprint density at radius 3 is 2.38 bits per heavy atom. The van der Waals surface area contributed by atoms with Crippen LogP contribution in [0, 0.1) is 5.82 Å². The third kappa shape index (κ3) is 2.17. The van der Waals surface area contributed by atoms with Crippen molar-refractivity contribution in [3.63, 3.8) is 0 Å². The molecule has 1 aromatic rings. The highest BCUT2D eigenvalue weighted by molar-refractivity contribution is 5.25. The van der Waals surface area contributed by atoms with Crippen molar-refractivity contribution in [2.45, 2.75) is 26.2 Å². The highest BCUT2D eigenvalue weighted by atomic mass is 19.1. The van der Waals surface area contributed by atoms with Crippen molar-refractivity contribution in [2.24, 2.45) is 0 Å². The number of nitrogens with zero attached hydrogens (tertiary/aromatic N) is 1. The molecule has 0 fully saturated rings. The van der Waals surface area contributed by atoms with Crippen LogP contribution < -0.4 is 4.74 Å². The standard InChI is InChI=1S/C10H14FNO/c1-10(2,3)7-5-8(11)9(13-4)12-6-7/h5-6H,1-4H3. The monoisotopic (exact) mass is 183 g/mol. The number of pyridine rings is 1. The van der Waals surface area contributed by atoms with Crippen LogP contribution in [-0.2, 0) is 5.41 Å². The molecular formula is C10H14FNO. The highest BCUT2D eigenvalue weighted by Crippen LogP contribution is 2.24. The Kier molecular flexibility index (Phi) is 2.55. The van der Waals surface area contributed by atoms with Crippen LogP contribution in [0.15, 0.2) is 12.3 Å². The molecule has 0 aliphatic carbocycles. The lowest BCUT2D eigenvalue weighted by Crippen LogP contribution is -2.12. The lowest BCUT2D eigenvalue weighted by Gasteiger charge is -2.18. The van der Waals surface area contributed by atoms with Crippen molar-refractivity contribution < 1.29 is 9.13 Å². The Labute approximate surface area is 77.8 Å². The number of hydrogen-bond donors (Lipinski definition) is 0. The molecule has 0 bridgehead atoms. The first kappa shape index (κ1) is 9.96. The summed E-state index contributed by atoms with van der Waals surface area (Å²) in [5.41, 5.74) is 0.783. The van der Waals surface area contributed by atoms with Crippen LogP contribution in [0.4, 0.5) is 4.39 Å². The van der Waals surface area contributed by atoms with Crippen molar-refractivity contribution in [1.29, 1.82) is 0 Å². The van der Waals surface area contributed by atoms with Crippen LogP contribution in [0.3, 0.4) is 0 Å². The number of methoxy groups -OCH3 is 1. The average molecular weight is 183 g/mol. The zero-order valence-corrected chi connectivity index (χ0v) is 8.39. The molecule has 0 aliphatic heterocycles. The van der Waals surface area contributed by atoms with Gasteiger partial charge in [0.1, 0.15) is 0 Å². The zero-order valence-electron chi connectivity index (χ0n) is 8.39. The van der Waals surface area contributed by atoms with E-state index in [9.17, 15) is 4.39 Å². The molecule has 2 nitrogen and oxygen atoms in total. The van der Waals surface area contributed by atoms with Crippen LogP contribution in [0.25, 0.3) is 0 Å². The normalized spacial score (nSPS) is 11.5. The minimum Gasteiger partial charge on any atom is -0.479 e. The van der Waals surface area contributed by atoms with Gasteiger partial charge in [-0.15, -0.1) is 0 Å². The smallest absolute Gasteiger partial charge is 0.250 e. The van der Waals surface area contributed by atoms with E-state index < -0.39 is 5.82 Å². The van der Waals surface area contributed by atoms with Gasteiger partial charge >= 0.3 is 0 Å². The molecule has 13 heavy (non-hydrogen) atoms. The molecule has 1 aromatic heterocycles. The fraction of sp³-hybridized carbons (Fsp3) is 0.500. The first-order valence-corrected chi connectivity index (χ1v) is 4.15. The molecule has 0 spiro atoms. The van der Waals surface area contributed by atoms with E-state index in [1.165, 1.54) is 13.2 Å². The van der Waals surface area contributed by atoms with Crippen LogP contribution >= 0.6 is 0 Å². The summed E-state index contributed by atoms with van der Waals surface area (Å²) < 4.78 is 17.9. The Hall–Kier alpha value is -1.12. The summed E-state index contributed by atoms with van der Waals surface area (Å²) >= 11 is 0. The van der Waals surface area contributed by atoms with E-state index in [4.69, 9.17) is 4.74 Å². The summed E-state index contributed by atoms with van der Waals surface area (Å²) in [4.78, 5) is 3.87. The van der Waals surface area contributed by atoms with Crippen molar-refractivity contribution in [2.75, 3.05) is 7.11 Å². The number of hydrogen-bond acceptors (Lipinski definition) is 2. The second kappa shape index (κ2) is 3.32. The Balaban J connectivity index is 3.10. The van der Waals surface area contributed by atoms with Gasteiger partial charge in [0.2, 0.25) is 5.88 Å². The van der Waals surface area contributed by atoms with Gasteiger partial charge < -0.3 is 4.74 Å². The van der Waals surface area contributed by atoms with E-state index >= 15 is 0 Å². The fourth-order valence-corrected chi connectivity index (χ4v) is 0.986. The highest BCUT2D eigenvalue weighted by Gasteiger charge is 2.16. The maximum atomic E-state index is 13.2. The van der Waals surface area contributed by atoms with Gasteiger partial charge in [-0.25, -0.2) is 9.37 Å². The molecule has 0 atom stereocenters. The van der Waals surface area contributed by atoms with Gasteiger partial charge in [-0.3, -0.25) is 0 Å². The molecule has 0 radical (unpaired) electrons. The minimum atomic E-state index is -0.407. The fourth-order valence-electron chi connectivity index (χ4n) is 0.986. The second-order valence-corrected chi connectivity index (χ2v) is 3.97. The van der Waals surface area contributed by atoms with Gasteiger partial charge in [0.25, 0.3) is 0 Å². The van der Waals surface area contributed by atoms with E-state index in [0.29, 0.717) is 0 Å². The number of rotatable bonds is 1. The van der Waals surface area contributed by atoms with Gasteiger partial charge in [-0.1, -0.05) is 20.8 Å². The van der Waals surface area contributed by atoms with Gasteiger partial charge in [0.05, 0.1) is 7.11 Å². The third-order valence-corrected chi connectivity index (χ3v) is 1.87. The molecule has 0 N–H and O–H groups in total. The lowest BCUT2D eigenvalue weighted by molar-refractivity contribution is 0.367. The molecule has 0 saturated carbocycles. The number of halogens is 1. The van der Waals surface area contributed by atoms with Crippen molar-refractivity contribution in [3.8, 4) is 5.88 Å². The molecule has 0 amide bonds. The minimum absolute atomic E-state index is 0.0491. The predicted molar refractivity (Wildman–Crippen MR) is 49.4 cm³/mol. The molecule has 0 saturated heterocycles. The van der Waals surface area contributed by atoms with E-state index in [-0.39, 0.29) is 11.3 Å². The first-order valence-electron chi connectivity index (χ1n) is 4.15. The zero-order chi connectivity index (χ0) is 10.1. The first-order chi connectivity index (χ1) is 5.95. The molecular weight excluding hydrogens is 169 g/mol. The van der Waals surface area contributed by atoms with Crippen LogP contribution in [0.5, 0.6) is 5.88 Å². The molecule has 0 aromatic carbocycles. The quantitative estimate of drug-likeness (QED) is 0.667. The molecule has 3 heteroatoms. The van der Waals surface area contributed by atoms with Gasteiger partial charge in [0.15, 0.2) is 5.82 Å². The largest absolute Gasteiger partial charge is 0.479 e. The second-order valence-electron chi connectivity index (χ2n) is 3.97. The number of aromatic nitrogens is 1. The Morgan fingerprint density at radius 1 is 1.38 bits per heavy atom. The molecule has 0 aliphatic rings. The van der Waals surface area contributed by atoms with Crippen molar-refractivity contribution >= 4 is 0 Å². The van der Waals surface area contributed by atoms with E-state index in [2.05, 4.69) is 4.98 Å². The van der Waals surface area contributed by atoms with Crippen LogP contribution in [0.1, 0.15) is 26.3 Å². The summed E-state index contributed by atoms with van der Waals surface area (Å²) in [6.07, 6.45) is 1.64. The lowest BCUT2D eigenvalue weighted by atomic mass is 9.88. The predicted octanol–water partition coefficient (Wildman–Crippen LogP) is 2.53. The molecule has 0 unspecified atom stereocenters. The Bertz CT molecular complexity index is 304. The van der Waals surface area contributed by atoms with Crippen LogP contribution in [-0.4, -0.2) is 12.1 Å². The number of ether oxygens (including phenoxy) is 1. The Morgan fingerprint density at radius 2 is 2.00 bits per heavy atom. The summed E-state index contributed by atoms with van der Waals surface area (Å²) in [6, 6.07) is 1.46. The van der Waals surface area contributed by atoms with E-state index in [1.807, 2.05) is 20.8 Å². The maximum absolute atomic E-state index is 13.2. The van der Waals surface area contributed by atoms with Crippen LogP contribution in [0.2, 0.25) is 0 Å². The third-order valence-electron chi connectivity index (χ3n) is 1.87. The van der Waals surface area contributed by atoms with Crippen molar-refractivity contribution in [3.05, 3.63) is 23.6 Å².